The van der Waals surface area contributed by atoms with Crippen LogP contribution in [0.5, 0.6) is 0 Å². The lowest BCUT2D eigenvalue weighted by Crippen LogP contribution is -2.40. The largest absolute Gasteiger partial charge is 0.458 e. The minimum Gasteiger partial charge on any atom is -0.458 e. The molecule has 138 valence electrons. The fourth-order valence-corrected chi connectivity index (χ4v) is 2.50. The van der Waals surface area contributed by atoms with Crippen LogP contribution in [0.4, 0.5) is 14.9 Å². The Bertz CT molecular complexity index is 791. The van der Waals surface area contributed by atoms with Gasteiger partial charge in [0.25, 0.3) is 0 Å². The van der Waals surface area contributed by atoms with Crippen molar-refractivity contribution in [3.8, 4) is 0 Å². The molecule has 5 nitrogen and oxygen atoms in total. The number of urea groups is 1. The number of carbonyl (C=O) groups is 2. The van der Waals surface area contributed by atoms with E-state index in [9.17, 15) is 14.0 Å². The van der Waals surface area contributed by atoms with E-state index in [0.29, 0.717) is 10.0 Å². The van der Waals surface area contributed by atoms with Crippen molar-refractivity contribution < 1.29 is 18.7 Å². The first-order valence-corrected chi connectivity index (χ1v) is 8.75. The quantitative estimate of drug-likeness (QED) is 0.695. The molecule has 0 radical (unpaired) electrons. The normalized spacial score (nSPS) is 12.2. The minimum absolute atomic E-state index is 0.00157. The Morgan fingerprint density at radius 1 is 1.12 bits per heavy atom. The standard InChI is InChI=1S/C19H20BrFN2O3/c1-19(2,3)26-17(24)16(12-7-5-4-6-8-12)23-18(25)22-15-10-9-13(20)11-14(15)21/h4-11,16H,1-3H3,(H2,22,23,25)/t16-/m0/s1. The fourth-order valence-electron chi connectivity index (χ4n) is 2.16. The SMILES string of the molecule is CC(C)(C)OC(=O)[C@@H](NC(=O)Nc1ccc(Br)cc1F)c1ccccc1. The van der Waals surface area contributed by atoms with Gasteiger partial charge in [0.05, 0.1) is 5.69 Å². The summed E-state index contributed by atoms with van der Waals surface area (Å²) in [4.78, 5) is 24.8. The first kappa shape index (κ1) is 19.9. The first-order chi connectivity index (χ1) is 12.2. The number of carbonyl (C=O) groups excluding carboxylic acids is 2. The number of anilines is 1. The Balaban J connectivity index is 2.18. The average Bonchev–Trinajstić information content (AvgIpc) is 2.54. The summed E-state index contributed by atoms with van der Waals surface area (Å²) in [6.45, 7) is 5.22. The van der Waals surface area contributed by atoms with E-state index in [1.807, 2.05) is 0 Å². The maximum Gasteiger partial charge on any atom is 0.333 e. The van der Waals surface area contributed by atoms with Crippen molar-refractivity contribution in [2.75, 3.05) is 5.32 Å². The van der Waals surface area contributed by atoms with E-state index in [0.717, 1.165) is 0 Å². The molecule has 2 N–H and O–H groups in total. The van der Waals surface area contributed by atoms with Crippen LogP contribution in [0.3, 0.4) is 0 Å². The van der Waals surface area contributed by atoms with Crippen LogP contribution in [0.15, 0.2) is 53.0 Å². The Morgan fingerprint density at radius 3 is 2.35 bits per heavy atom. The van der Waals surface area contributed by atoms with Crippen molar-refractivity contribution in [1.82, 2.24) is 5.32 Å². The van der Waals surface area contributed by atoms with Gasteiger partial charge in [-0.1, -0.05) is 46.3 Å². The van der Waals surface area contributed by atoms with Crippen molar-refractivity contribution >= 4 is 33.6 Å². The molecule has 0 fully saturated rings. The van der Waals surface area contributed by atoms with Gasteiger partial charge in [0.1, 0.15) is 11.4 Å². The second-order valence-corrected chi connectivity index (χ2v) is 7.52. The summed E-state index contributed by atoms with van der Waals surface area (Å²) >= 11 is 3.15. The molecular weight excluding hydrogens is 403 g/mol. The zero-order chi connectivity index (χ0) is 19.3. The zero-order valence-electron chi connectivity index (χ0n) is 14.7. The third-order valence-electron chi connectivity index (χ3n) is 3.23. The molecule has 26 heavy (non-hydrogen) atoms. The van der Waals surface area contributed by atoms with Gasteiger partial charge in [-0.15, -0.1) is 0 Å². The van der Waals surface area contributed by atoms with Crippen molar-refractivity contribution in [2.24, 2.45) is 0 Å². The third-order valence-corrected chi connectivity index (χ3v) is 3.72. The summed E-state index contributed by atoms with van der Waals surface area (Å²) in [6, 6.07) is 11.2. The lowest BCUT2D eigenvalue weighted by Gasteiger charge is -2.25. The second kappa shape index (κ2) is 8.31. The van der Waals surface area contributed by atoms with Crippen molar-refractivity contribution in [2.45, 2.75) is 32.4 Å². The van der Waals surface area contributed by atoms with E-state index >= 15 is 0 Å². The van der Waals surface area contributed by atoms with Crippen molar-refractivity contribution in [3.63, 3.8) is 0 Å². The van der Waals surface area contributed by atoms with E-state index in [4.69, 9.17) is 4.74 Å². The highest BCUT2D eigenvalue weighted by Gasteiger charge is 2.28. The molecular formula is C19H20BrFN2O3. The number of amides is 2. The van der Waals surface area contributed by atoms with E-state index in [2.05, 4.69) is 26.6 Å². The lowest BCUT2D eigenvalue weighted by molar-refractivity contribution is -0.157. The number of benzene rings is 2. The molecule has 0 aliphatic rings. The highest BCUT2D eigenvalue weighted by atomic mass is 79.9. The molecule has 0 aliphatic carbocycles. The third kappa shape index (κ3) is 5.84. The van der Waals surface area contributed by atoms with Gasteiger partial charge in [-0.25, -0.2) is 14.0 Å². The zero-order valence-corrected chi connectivity index (χ0v) is 16.3. The lowest BCUT2D eigenvalue weighted by atomic mass is 10.1. The van der Waals surface area contributed by atoms with Crippen LogP contribution in [0.25, 0.3) is 0 Å². The molecule has 0 heterocycles. The molecule has 0 bridgehead atoms. The summed E-state index contributed by atoms with van der Waals surface area (Å²) in [5.74, 6) is -1.20. The monoisotopic (exact) mass is 422 g/mol. The average molecular weight is 423 g/mol. The van der Waals surface area contributed by atoms with Crippen LogP contribution in [-0.4, -0.2) is 17.6 Å². The Labute approximate surface area is 160 Å². The Kier molecular flexibility index (Phi) is 6.37. The van der Waals surface area contributed by atoms with Gasteiger partial charge in [-0.05, 0) is 44.5 Å². The molecule has 1 atom stereocenters. The van der Waals surface area contributed by atoms with E-state index in [1.165, 1.54) is 12.1 Å². The molecule has 2 rings (SSSR count). The summed E-state index contributed by atoms with van der Waals surface area (Å²) in [5, 5.41) is 4.94. The van der Waals surface area contributed by atoms with Crippen LogP contribution in [-0.2, 0) is 9.53 Å². The molecule has 2 amide bonds. The minimum atomic E-state index is -1.02. The maximum atomic E-state index is 13.9. The highest BCUT2D eigenvalue weighted by molar-refractivity contribution is 9.10. The summed E-state index contributed by atoms with van der Waals surface area (Å²) in [7, 11) is 0. The molecule has 2 aromatic rings. The van der Waals surface area contributed by atoms with Gasteiger partial charge in [-0.2, -0.15) is 0 Å². The number of halogens is 2. The number of hydrogen-bond acceptors (Lipinski definition) is 3. The van der Waals surface area contributed by atoms with Crippen LogP contribution < -0.4 is 10.6 Å². The molecule has 0 spiro atoms. The summed E-state index contributed by atoms with van der Waals surface area (Å²) in [6.07, 6.45) is 0. The number of ether oxygens (including phenoxy) is 1. The van der Waals surface area contributed by atoms with E-state index in [-0.39, 0.29) is 5.69 Å². The van der Waals surface area contributed by atoms with Crippen LogP contribution in [0.1, 0.15) is 32.4 Å². The van der Waals surface area contributed by atoms with Crippen molar-refractivity contribution in [3.05, 3.63) is 64.4 Å². The smallest absolute Gasteiger partial charge is 0.333 e. The van der Waals surface area contributed by atoms with Crippen LogP contribution in [0, 0.1) is 5.82 Å². The van der Waals surface area contributed by atoms with E-state index in [1.54, 1.807) is 57.2 Å². The van der Waals surface area contributed by atoms with E-state index < -0.39 is 29.5 Å². The second-order valence-electron chi connectivity index (χ2n) is 6.60. The molecule has 0 saturated heterocycles. The maximum absolute atomic E-state index is 13.9. The number of nitrogens with one attached hydrogen (secondary N) is 2. The van der Waals surface area contributed by atoms with Gasteiger partial charge in [0, 0.05) is 4.47 Å². The number of esters is 1. The predicted molar refractivity (Wildman–Crippen MR) is 101 cm³/mol. The molecule has 0 unspecified atom stereocenters. The summed E-state index contributed by atoms with van der Waals surface area (Å²) < 4.78 is 19.8. The van der Waals surface area contributed by atoms with Gasteiger partial charge in [-0.3, -0.25) is 0 Å². The first-order valence-electron chi connectivity index (χ1n) is 7.96. The fraction of sp³-hybridized carbons (Fsp3) is 0.263. The number of rotatable bonds is 4. The van der Waals surface area contributed by atoms with Gasteiger partial charge < -0.3 is 15.4 Å². The molecule has 0 saturated carbocycles. The Hall–Kier alpha value is -2.41. The molecule has 2 aromatic carbocycles. The molecule has 0 aliphatic heterocycles. The summed E-state index contributed by atoms with van der Waals surface area (Å²) in [5.41, 5.74) is -0.144. The van der Waals surface area contributed by atoms with Gasteiger partial charge >= 0.3 is 12.0 Å². The van der Waals surface area contributed by atoms with Crippen LogP contribution in [0.2, 0.25) is 0 Å². The Morgan fingerprint density at radius 2 is 1.77 bits per heavy atom. The topological polar surface area (TPSA) is 67.4 Å². The van der Waals surface area contributed by atoms with Crippen LogP contribution >= 0.6 is 15.9 Å². The van der Waals surface area contributed by atoms with Gasteiger partial charge in [0.15, 0.2) is 6.04 Å². The highest BCUT2D eigenvalue weighted by Crippen LogP contribution is 2.21. The van der Waals surface area contributed by atoms with Gasteiger partial charge in [0.2, 0.25) is 0 Å². The molecule has 0 aromatic heterocycles. The van der Waals surface area contributed by atoms with Crippen molar-refractivity contribution in [1.29, 1.82) is 0 Å². The molecule has 7 heteroatoms. The number of hydrogen-bond donors (Lipinski definition) is 2. The predicted octanol–water partition coefficient (Wildman–Crippen LogP) is 4.79.